The number of hydrogen-bond donors (Lipinski definition) is 0. The van der Waals surface area contributed by atoms with Crippen molar-refractivity contribution in [2.24, 2.45) is 5.92 Å². The summed E-state index contributed by atoms with van der Waals surface area (Å²) in [6.07, 6.45) is 5.06. The van der Waals surface area contributed by atoms with E-state index in [2.05, 4.69) is 24.3 Å². The Morgan fingerprint density at radius 2 is 1.70 bits per heavy atom. The molecule has 0 N–H and O–H groups in total. The molecule has 7 nitrogen and oxygen atoms in total. The minimum atomic E-state index is -0.196. The fraction of sp³-hybridized carbons (Fsp3) is 0.393. The summed E-state index contributed by atoms with van der Waals surface area (Å²) in [6.45, 7) is 1.80. The van der Waals surface area contributed by atoms with Crippen LogP contribution in [0.15, 0.2) is 47.4 Å². The van der Waals surface area contributed by atoms with Crippen LogP contribution in [0.4, 0.5) is 0 Å². The molecule has 0 spiro atoms. The summed E-state index contributed by atoms with van der Waals surface area (Å²) in [6, 6.07) is 14.1. The summed E-state index contributed by atoms with van der Waals surface area (Å²) >= 11 is 6.70. The number of carbonyl (C=O) groups excluding carboxylic acids is 2. The maximum Gasteiger partial charge on any atom is 0.266 e. The van der Waals surface area contributed by atoms with Gasteiger partial charge < -0.3 is 19.1 Å². The number of hydrogen-bond acceptors (Lipinski definition) is 7. The van der Waals surface area contributed by atoms with E-state index in [1.807, 2.05) is 11.0 Å². The van der Waals surface area contributed by atoms with E-state index in [1.54, 1.807) is 39.5 Å². The molecule has 0 saturated carbocycles. The van der Waals surface area contributed by atoms with Gasteiger partial charge in [0.05, 0.1) is 26.2 Å². The Bertz CT molecular complexity index is 1150. The SMILES string of the molecule is COc1cc(/C=C2\SC(=S)N(CCC(=O)N3CCC(Cc4ccccc4)CC3)C2=O)cc(OC)c1OC. The van der Waals surface area contributed by atoms with Gasteiger partial charge in [0.25, 0.3) is 5.91 Å². The van der Waals surface area contributed by atoms with Crippen LogP contribution >= 0.6 is 24.0 Å². The van der Waals surface area contributed by atoms with Crippen LogP contribution in [0.5, 0.6) is 17.2 Å². The quantitative estimate of drug-likeness (QED) is 0.335. The van der Waals surface area contributed by atoms with Gasteiger partial charge in [-0.3, -0.25) is 14.5 Å². The molecule has 2 heterocycles. The predicted molar refractivity (Wildman–Crippen MR) is 150 cm³/mol. The molecule has 0 radical (unpaired) electrons. The Morgan fingerprint density at radius 3 is 2.30 bits per heavy atom. The summed E-state index contributed by atoms with van der Waals surface area (Å²) in [5, 5.41) is 0. The Kier molecular flexibility index (Phi) is 9.10. The Balaban J connectivity index is 1.33. The fourth-order valence-corrected chi connectivity index (χ4v) is 6.04. The first-order valence-corrected chi connectivity index (χ1v) is 13.5. The fourth-order valence-electron chi connectivity index (χ4n) is 4.73. The van der Waals surface area contributed by atoms with Gasteiger partial charge in [-0.05, 0) is 54.5 Å². The number of piperidine rings is 1. The zero-order chi connectivity index (χ0) is 26.4. The normalized spacial score (nSPS) is 17.4. The van der Waals surface area contributed by atoms with E-state index in [9.17, 15) is 9.59 Å². The molecule has 2 aliphatic rings. The summed E-state index contributed by atoms with van der Waals surface area (Å²) in [5.41, 5.74) is 2.07. The molecule has 0 bridgehead atoms. The Morgan fingerprint density at radius 1 is 1.05 bits per heavy atom. The van der Waals surface area contributed by atoms with Crippen molar-refractivity contribution in [1.82, 2.24) is 9.80 Å². The lowest BCUT2D eigenvalue weighted by molar-refractivity contribution is -0.133. The highest BCUT2D eigenvalue weighted by Crippen LogP contribution is 2.40. The Labute approximate surface area is 227 Å². The molecule has 4 rings (SSSR count). The van der Waals surface area contributed by atoms with Crippen LogP contribution in [-0.4, -0.2) is 66.9 Å². The molecule has 2 amide bonds. The lowest BCUT2D eigenvalue weighted by atomic mass is 9.90. The van der Waals surface area contributed by atoms with Crippen molar-refractivity contribution in [2.45, 2.75) is 25.7 Å². The molecule has 0 unspecified atom stereocenters. The summed E-state index contributed by atoms with van der Waals surface area (Å²) < 4.78 is 16.6. The molecule has 196 valence electrons. The van der Waals surface area contributed by atoms with E-state index >= 15 is 0 Å². The molecule has 2 fully saturated rings. The van der Waals surface area contributed by atoms with Crippen LogP contribution in [0.2, 0.25) is 0 Å². The van der Waals surface area contributed by atoms with Gasteiger partial charge in [-0.2, -0.15) is 0 Å². The number of thiocarbonyl (C=S) groups is 1. The molecular weight excluding hydrogens is 508 g/mol. The van der Waals surface area contributed by atoms with E-state index in [4.69, 9.17) is 26.4 Å². The van der Waals surface area contributed by atoms with Crippen molar-refractivity contribution in [1.29, 1.82) is 0 Å². The topological polar surface area (TPSA) is 68.3 Å². The number of carbonyl (C=O) groups is 2. The molecule has 2 aromatic rings. The highest BCUT2D eigenvalue weighted by molar-refractivity contribution is 8.26. The second-order valence-electron chi connectivity index (χ2n) is 9.06. The van der Waals surface area contributed by atoms with Crippen molar-refractivity contribution < 1.29 is 23.8 Å². The standard InChI is InChI=1S/C28H32N2O5S2/c1-33-22-16-21(17-23(34-2)26(22)35-3)18-24-27(32)30(28(36)37-24)14-11-25(31)29-12-9-20(10-13-29)15-19-7-5-4-6-8-19/h4-8,16-18,20H,9-15H2,1-3H3/b24-18-. The first-order valence-electron chi connectivity index (χ1n) is 12.3. The van der Waals surface area contributed by atoms with Gasteiger partial charge in [0.2, 0.25) is 11.7 Å². The molecule has 0 aromatic heterocycles. The first-order chi connectivity index (χ1) is 17.9. The van der Waals surface area contributed by atoms with Gasteiger partial charge in [-0.15, -0.1) is 0 Å². The van der Waals surface area contributed by atoms with Gasteiger partial charge in [0, 0.05) is 26.1 Å². The van der Waals surface area contributed by atoms with Gasteiger partial charge in [-0.25, -0.2) is 0 Å². The average molecular weight is 541 g/mol. The minimum absolute atomic E-state index is 0.0702. The van der Waals surface area contributed by atoms with Crippen molar-refractivity contribution in [3.8, 4) is 17.2 Å². The van der Waals surface area contributed by atoms with E-state index in [1.165, 1.54) is 22.2 Å². The van der Waals surface area contributed by atoms with Crippen molar-refractivity contribution in [3.05, 3.63) is 58.5 Å². The molecule has 0 aliphatic carbocycles. The average Bonchev–Trinajstić information content (AvgIpc) is 3.19. The summed E-state index contributed by atoms with van der Waals surface area (Å²) in [7, 11) is 4.63. The summed E-state index contributed by atoms with van der Waals surface area (Å²) in [4.78, 5) is 29.9. The molecule has 0 atom stereocenters. The second kappa shape index (κ2) is 12.5. The van der Waals surface area contributed by atoms with Crippen LogP contribution in [-0.2, 0) is 16.0 Å². The number of thioether (sulfide) groups is 1. The zero-order valence-corrected chi connectivity index (χ0v) is 23.0. The van der Waals surface area contributed by atoms with E-state index in [-0.39, 0.29) is 24.8 Å². The minimum Gasteiger partial charge on any atom is -0.493 e. The van der Waals surface area contributed by atoms with Crippen molar-refractivity contribution in [3.63, 3.8) is 0 Å². The maximum atomic E-state index is 13.1. The number of rotatable bonds is 9. The Hall–Kier alpha value is -3.04. The van der Waals surface area contributed by atoms with Gasteiger partial charge in [0.15, 0.2) is 11.5 Å². The molecule has 9 heteroatoms. The van der Waals surface area contributed by atoms with Gasteiger partial charge >= 0.3 is 0 Å². The largest absolute Gasteiger partial charge is 0.493 e. The van der Waals surface area contributed by atoms with Crippen LogP contribution in [0.3, 0.4) is 0 Å². The number of ether oxygens (including phenoxy) is 3. The number of nitrogens with zero attached hydrogens (tertiary/aromatic N) is 2. The molecule has 2 saturated heterocycles. The highest BCUT2D eigenvalue weighted by Gasteiger charge is 2.33. The van der Waals surface area contributed by atoms with E-state index in [0.717, 1.165) is 37.9 Å². The highest BCUT2D eigenvalue weighted by atomic mass is 32.2. The lowest BCUT2D eigenvalue weighted by Gasteiger charge is -2.32. The number of amides is 2. The van der Waals surface area contributed by atoms with Gasteiger partial charge in [-0.1, -0.05) is 54.3 Å². The third kappa shape index (κ3) is 6.45. The number of benzene rings is 2. The third-order valence-corrected chi connectivity index (χ3v) is 8.12. The van der Waals surface area contributed by atoms with E-state index in [0.29, 0.717) is 32.4 Å². The molecule has 37 heavy (non-hydrogen) atoms. The summed E-state index contributed by atoms with van der Waals surface area (Å²) in [5.74, 6) is 1.96. The predicted octanol–water partition coefficient (Wildman–Crippen LogP) is 4.79. The van der Waals surface area contributed by atoms with Crippen LogP contribution in [0, 0.1) is 5.92 Å². The maximum absolute atomic E-state index is 13.1. The van der Waals surface area contributed by atoms with E-state index < -0.39 is 0 Å². The third-order valence-electron chi connectivity index (χ3n) is 6.74. The number of likely N-dealkylation sites (tertiary alicyclic amines) is 1. The van der Waals surface area contributed by atoms with Crippen molar-refractivity contribution in [2.75, 3.05) is 41.0 Å². The zero-order valence-electron chi connectivity index (χ0n) is 21.4. The molecule has 2 aromatic carbocycles. The van der Waals surface area contributed by atoms with Crippen LogP contribution in [0.25, 0.3) is 6.08 Å². The smallest absolute Gasteiger partial charge is 0.266 e. The van der Waals surface area contributed by atoms with Gasteiger partial charge in [0.1, 0.15) is 4.32 Å². The van der Waals surface area contributed by atoms with Crippen LogP contribution < -0.4 is 14.2 Å². The second-order valence-corrected chi connectivity index (χ2v) is 10.7. The number of methoxy groups -OCH3 is 3. The first kappa shape index (κ1) is 27.0. The molecular formula is C28H32N2O5S2. The monoisotopic (exact) mass is 540 g/mol. The molecule has 2 aliphatic heterocycles. The van der Waals surface area contributed by atoms with Crippen LogP contribution in [0.1, 0.15) is 30.4 Å². The van der Waals surface area contributed by atoms with Crippen molar-refractivity contribution >= 4 is 46.2 Å². The lowest BCUT2D eigenvalue weighted by Crippen LogP contribution is -2.41.